The Labute approximate surface area is 134 Å². The molecule has 1 saturated heterocycles. The molecule has 1 heterocycles. The van der Waals surface area contributed by atoms with Gasteiger partial charge in [0.05, 0.1) is 19.1 Å². The molecule has 0 aliphatic carbocycles. The highest BCUT2D eigenvalue weighted by molar-refractivity contribution is 7.88. The molecular formula is C14H20FN3O4S. The number of methoxy groups -OCH3 is 1. The van der Waals surface area contributed by atoms with Crippen LogP contribution in [-0.4, -0.2) is 51.3 Å². The monoisotopic (exact) mass is 345 g/mol. The maximum atomic E-state index is 13.1. The normalized spacial score (nSPS) is 19.2. The van der Waals surface area contributed by atoms with E-state index in [9.17, 15) is 17.6 Å². The fourth-order valence-electron chi connectivity index (χ4n) is 2.47. The third-order valence-electron chi connectivity index (χ3n) is 3.60. The molecule has 0 aromatic heterocycles. The summed E-state index contributed by atoms with van der Waals surface area (Å²) in [5, 5.41) is 5.31. The molecule has 1 aromatic carbocycles. The predicted molar refractivity (Wildman–Crippen MR) is 84.5 cm³/mol. The molecule has 1 fully saturated rings. The third-order valence-corrected chi connectivity index (χ3v) is 4.87. The van der Waals surface area contributed by atoms with Crippen molar-refractivity contribution in [1.29, 1.82) is 0 Å². The third kappa shape index (κ3) is 4.80. The van der Waals surface area contributed by atoms with E-state index >= 15 is 0 Å². The van der Waals surface area contributed by atoms with Gasteiger partial charge in [-0.25, -0.2) is 21.9 Å². The smallest absolute Gasteiger partial charge is 0.319 e. The molecule has 128 valence electrons. The van der Waals surface area contributed by atoms with Crippen molar-refractivity contribution in [2.24, 2.45) is 0 Å². The van der Waals surface area contributed by atoms with Crippen molar-refractivity contribution < 1.29 is 22.3 Å². The first kappa shape index (κ1) is 17.5. The van der Waals surface area contributed by atoms with E-state index in [-0.39, 0.29) is 18.3 Å². The standard InChI is InChI=1S/C14H20FN3O4S/c1-22-13-8-10(15)5-6-12(13)17-14(19)16-11-4-3-7-18(9-11)23(2,20)21/h5-6,8,11H,3-4,7,9H2,1-2H3,(H2,16,17,19)/t11-/m1/s1. The van der Waals surface area contributed by atoms with E-state index in [1.54, 1.807) is 0 Å². The van der Waals surface area contributed by atoms with Gasteiger partial charge >= 0.3 is 6.03 Å². The summed E-state index contributed by atoms with van der Waals surface area (Å²) in [7, 11) is -1.89. The Morgan fingerprint density at radius 3 is 2.83 bits per heavy atom. The molecule has 1 aromatic rings. The fourth-order valence-corrected chi connectivity index (χ4v) is 3.39. The molecule has 0 radical (unpaired) electrons. The second kappa shape index (κ2) is 7.14. The lowest BCUT2D eigenvalue weighted by Gasteiger charge is -2.31. The van der Waals surface area contributed by atoms with Gasteiger partial charge in [-0.2, -0.15) is 0 Å². The lowest BCUT2D eigenvalue weighted by Crippen LogP contribution is -2.50. The maximum Gasteiger partial charge on any atom is 0.319 e. The SMILES string of the molecule is COc1cc(F)ccc1NC(=O)N[C@@H]1CCCN(S(C)(=O)=O)C1. The molecule has 1 aliphatic heterocycles. The molecule has 1 atom stereocenters. The number of benzene rings is 1. The van der Waals surface area contributed by atoms with Crippen molar-refractivity contribution in [3.8, 4) is 5.75 Å². The van der Waals surface area contributed by atoms with Crippen molar-refractivity contribution in [1.82, 2.24) is 9.62 Å². The maximum absolute atomic E-state index is 13.1. The molecule has 0 spiro atoms. The number of carbonyl (C=O) groups is 1. The van der Waals surface area contributed by atoms with Crippen LogP contribution in [0.25, 0.3) is 0 Å². The van der Waals surface area contributed by atoms with Gasteiger partial charge in [0, 0.05) is 25.2 Å². The summed E-state index contributed by atoms with van der Waals surface area (Å²) < 4.78 is 42.6. The van der Waals surface area contributed by atoms with E-state index in [2.05, 4.69) is 10.6 Å². The number of rotatable bonds is 4. The Morgan fingerprint density at radius 1 is 1.43 bits per heavy atom. The van der Waals surface area contributed by atoms with Gasteiger partial charge in [0.25, 0.3) is 0 Å². The van der Waals surface area contributed by atoms with Crippen molar-refractivity contribution in [3.63, 3.8) is 0 Å². The average molecular weight is 345 g/mol. The summed E-state index contributed by atoms with van der Waals surface area (Å²) in [5.41, 5.74) is 0.335. The number of ether oxygens (including phenoxy) is 1. The van der Waals surface area contributed by atoms with Gasteiger partial charge < -0.3 is 15.4 Å². The number of amides is 2. The first-order valence-electron chi connectivity index (χ1n) is 7.16. The minimum Gasteiger partial charge on any atom is -0.494 e. The highest BCUT2D eigenvalue weighted by Gasteiger charge is 2.26. The van der Waals surface area contributed by atoms with Crippen LogP contribution in [0.5, 0.6) is 5.75 Å². The Kier molecular flexibility index (Phi) is 5.42. The van der Waals surface area contributed by atoms with E-state index in [0.29, 0.717) is 25.1 Å². The number of hydrogen-bond donors (Lipinski definition) is 2. The molecule has 0 saturated carbocycles. The number of nitrogens with zero attached hydrogens (tertiary/aromatic N) is 1. The second-order valence-corrected chi connectivity index (χ2v) is 7.39. The second-order valence-electron chi connectivity index (χ2n) is 5.40. The lowest BCUT2D eigenvalue weighted by molar-refractivity contribution is 0.236. The summed E-state index contributed by atoms with van der Waals surface area (Å²) in [6.45, 7) is 0.706. The minimum absolute atomic E-state index is 0.210. The Bertz CT molecular complexity index is 681. The van der Waals surface area contributed by atoms with Gasteiger partial charge in [-0.05, 0) is 25.0 Å². The van der Waals surface area contributed by atoms with Crippen LogP contribution in [0, 0.1) is 5.82 Å². The molecule has 1 aliphatic rings. The van der Waals surface area contributed by atoms with Crippen LogP contribution < -0.4 is 15.4 Å². The van der Waals surface area contributed by atoms with E-state index < -0.39 is 21.9 Å². The largest absolute Gasteiger partial charge is 0.494 e. The van der Waals surface area contributed by atoms with Crippen molar-refractivity contribution in [3.05, 3.63) is 24.0 Å². The van der Waals surface area contributed by atoms with Crippen LogP contribution in [0.3, 0.4) is 0 Å². The van der Waals surface area contributed by atoms with Crippen molar-refractivity contribution in [2.75, 3.05) is 31.8 Å². The minimum atomic E-state index is -3.27. The van der Waals surface area contributed by atoms with Crippen LogP contribution in [-0.2, 0) is 10.0 Å². The molecule has 9 heteroatoms. The van der Waals surface area contributed by atoms with Crippen LogP contribution in [0.4, 0.5) is 14.9 Å². The molecule has 23 heavy (non-hydrogen) atoms. The zero-order valence-electron chi connectivity index (χ0n) is 13.0. The highest BCUT2D eigenvalue weighted by atomic mass is 32.2. The number of piperidine rings is 1. The van der Waals surface area contributed by atoms with Crippen LogP contribution in [0.15, 0.2) is 18.2 Å². The number of halogens is 1. The van der Waals surface area contributed by atoms with Crippen LogP contribution in [0.1, 0.15) is 12.8 Å². The average Bonchev–Trinajstić information content (AvgIpc) is 2.48. The quantitative estimate of drug-likeness (QED) is 0.863. The van der Waals surface area contributed by atoms with E-state index in [4.69, 9.17) is 4.74 Å². The first-order valence-corrected chi connectivity index (χ1v) is 9.00. The van der Waals surface area contributed by atoms with Gasteiger partial charge in [0.1, 0.15) is 11.6 Å². The van der Waals surface area contributed by atoms with Gasteiger partial charge in [-0.3, -0.25) is 0 Å². The number of hydrogen-bond acceptors (Lipinski definition) is 4. The Morgan fingerprint density at radius 2 is 2.17 bits per heavy atom. The van der Waals surface area contributed by atoms with Crippen molar-refractivity contribution in [2.45, 2.75) is 18.9 Å². The van der Waals surface area contributed by atoms with Gasteiger partial charge in [0.15, 0.2) is 0 Å². The molecule has 0 bridgehead atoms. The molecule has 2 amide bonds. The number of sulfonamides is 1. The number of anilines is 1. The number of urea groups is 1. The van der Waals surface area contributed by atoms with Gasteiger partial charge in [-0.15, -0.1) is 0 Å². The molecule has 2 rings (SSSR count). The molecule has 0 unspecified atom stereocenters. The molecule has 2 N–H and O–H groups in total. The Balaban J connectivity index is 1.97. The summed E-state index contributed by atoms with van der Waals surface area (Å²) in [6.07, 6.45) is 2.52. The van der Waals surface area contributed by atoms with E-state index in [1.807, 2.05) is 0 Å². The highest BCUT2D eigenvalue weighted by Crippen LogP contribution is 2.24. The summed E-state index contributed by atoms with van der Waals surface area (Å²) in [4.78, 5) is 12.1. The summed E-state index contributed by atoms with van der Waals surface area (Å²) in [6, 6.07) is 3.02. The molecule has 7 nitrogen and oxygen atoms in total. The topological polar surface area (TPSA) is 87.7 Å². The van der Waals surface area contributed by atoms with E-state index in [1.165, 1.54) is 29.6 Å². The first-order chi connectivity index (χ1) is 10.8. The lowest BCUT2D eigenvalue weighted by atomic mass is 10.1. The van der Waals surface area contributed by atoms with Crippen LogP contribution >= 0.6 is 0 Å². The zero-order chi connectivity index (χ0) is 17.0. The zero-order valence-corrected chi connectivity index (χ0v) is 13.8. The van der Waals surface area contributed by atoms with Gasteiger partial charge in [-0.1, -0.05) is 0 Å². The Hall–Kier alpha value is -1.87. The van der Waals surface area contributed by atoms with E-state index in [0.717, 1.165) is 6.26 Å². The summed E-state index contributed by atoms with van der Waals surface area (Å²) >= 11 is 0. The number of nitrogens with one attached hydrogen (secondary N) is 2. The fraction of sp³-hybridized carbons (Fsp3) is 0.500. The summed E-state index contributed by atoms with van der Waals surface area (Å²) in [5.74, 6) is -0.259. The number of carbonyl (C=O) groups excluding carboxylic acids is 1. The van der Waals surface area contributed by atoms with Crippen LogP contribution in [0.2, 0.25) is 0 Å². The van der Waals surface area contributed by atoms with Crippen molar-refractivity contribution >= 4 is 21.7 Å². The predicted octanol–water partition coefficient (Wildman–Crippen LogP) is 1.38. The van der Waals surface area contributed by atoms with Gasteiger partial charge in [0.2, 0.25) is 10.0 Å². The molecular weight excluding hydrogens is 325 g/mol.